The molecule has 2 rings (SSSR count). The van der Waals surface area contributed by atoms with E-state index in [1.807, 2.05) is 13.8 Å². The van der Waals surface area contributed by atoms with E-state index in [4.69, 9.17) is 4.74 Å². The number of carbonyl (C=O) groups is 2. The van der Waals surface area contributed by atoms with Gasteiger partial charge in [-0.05, 0) is 39.2 Å². The van der Waals surface area contributed by atoms with E-state index >= 15 is 0 Å². The van der Waals surface area contributed by atoms with E-state index < -0.39 is 11.0 Å². The Hall–Kier alpha value is -1.85. The summed E-state index contributed by atoms with van der Waals surface area (Å²) in [4.78, 5) is 24.4. The van der Waals surface area contributed by atoms with Gasteiger partial charge < -0.3 is 10.1 Å². The number of amides is 1. The zero-order chi connectivity index (χ0) is 15.0. The summed E-state index contributed by atoms with van der Waals surface area (Å²) in [7, 11) is 3.09. The number of rotatable bonds is 4. The van der Waals surface area contributed by atoms with E-state index in [1.165, 1.54) is 11.8 Å². The number of carbonyl (C=O) groups excluding carboxylic acids is 2. The summed E-state index contributed by atoms with van der Waals surface area (Å²) in [5, 5.41) is 7.02. The molecule has 1 fully saturated rings. The molecule has 1 saturated carbocycles. The molecule has 0 aliphatic heterocycles. The minimum atomic E-state index is -0.756. The number of esters is 1. The van der Waals surface area contributed by atoms with Crippen molar-refractivity contribution in [3.05, 3.63) is 18.0 Å². The molecule has 6 heteroatoms. The van der Waals surface area contributed by atoms with Crippen LogP contribution in [0, 0.1) is 5.41 Å². The predicted molar refractivity (Wildman–Crippen MR) is 73.1 cm³/mol. The van der Waals surface area contributed by atoms with E-state index in [9.17, 15) is 9.59 Å². The summed E-state index contributed by atoms with van der Waals surface area (Å²) < 4.78 is 6.41. The lowest BCUT2D eigenvalue weighted by Gasteiger charge is -2.51. The van der Waals surface area contributed by atoms with Gasteiger partial charge in [0.2, 0.25) is 0 Å². The topological polar surface area (TPSA) is 73.2 Å². The van der Waals surface area contributed by atoms with E-state index in [2.05, 4.69) is 10.4 Å². The van der Waals surface area contributed by atoms with Gasteiger partial charge in [-0.25, -0.2) is 0 Å². The summed E-state index contributed by atoms with van der Waals surface area (Å²) in [5.41, 5.74) is -0.813. The summed E-state index contributed by atoms with van der Waals surface area (Å²) in [6.45, 7) is 3.64. The molecule has 0 spiro atoms. The van der Waals surface area contributed by atoms with Crippen molar-refractivity contribution in [2.75, 3.05) is 7.11 Å². The SMILES string of the molecule is COC(=O)C(C)(C)C1(NC(=O)c2ccnn2C)CCC1. The monoisotopic (exact) mass is 279 g/mol. The van der Waals surface area contributed by atoms with Crippen LogP contribution in [0.2, 0.25) is 0 Å². The molecule has 0 atom stereocenters. The molecule has 1 aliphatic rings. The van der Waals surface area contributed by atoms with Crippen LogP contribution in [0.4, 0.5) is 0 Å². The Morgan fingerprint density at radius 2 is 2.10 bits per heavy atom. The summed E-state index contributed by atoms with van der Waals surface area (Å²) in [6, 6.07) is 1.66. The Labute approximate surface area is 118 Å². The fourth-order valence-electron chi connectivity index (χ4n) is 2.77. The molecule has 0 radical (unpaired) electrons. The fraction of sp³-hybridized carbons (Fsp3) is 0.643. The van der Waals surface area contributed by atoms with Gasteiger partial charge in [0.25, 0.3) is 5.91 Å². The maximum Gasteiger partial charge on any atom is 0.313 e. The maximum atomic E-state index is 12.4. The molecular weight excluding hydrogens is 258 g/mol. The molecule has 0 saturated heterocycles. The number of aromatic nitrogens is 2. The van der Waals surface area contributed by atoms with E-state index in [0.717, 1.165) is 19.3 Å². The minimum absolute atomic E-state index is 0.207. The normalized spacial score (nSPS) is 17.2. The van der Waals surface area contributed by atoms with Crippen LogP contribution in [0.15, 0.2) is 12.3 Å². The summed E-state index contributed by atoms with van der Waals surface area (Å²) in [6.07, 6.45) is 4.12. The second-order valence-corrected chi connectivity index (χ2v) is 5.85. The van der Waals surface area contributed by atoms with Crippen LogP contribution in [0.5, 0.6) is 0 Å². The molecule has 1 aromatic rings. The van der Waals surface area contributed by atoms with Gasteiger partial charge >= 0.3 is 5.97 Å². The average Bonchev–Trinajstić information content (AvgIpc) is 2.78. The first-order valence-electron chi connectivity index (χ1n) is 6.73. The van der Waals surface area contributed by atoms with Crippen molar-refractivity contribution in [1.29, 1.82) is 0 Å². The highest BCUT2D eigenvalue weighted by Gasteiger charge is 2.55. The van der Waals surface area contributed by atoms with Crippen molar-refractivity contribution in [2.45, 2.75) is 38.6 Å². The van der Waals surface area contributed by atoms with E-state index in [0.29, 0.717) is 5.69 Å². The van der Waals surface area contributed by atoms with Gasteiger partial charge in [0.05, 0.1) is 18.1 Å². The van der Waals surface area contributed by atoms with Crippen molar-refractivity contribution in [2.24, 2.45) is 12.5 Å². The standard InChI is InChI=1S/C14H21N3O3/c1-13(2,12(19)20-4)14(7-5-8-14)16-11(18)10-6-9-15-17(10)3/h6,9H,5,7-8H2,1-4H3,(H,16,18). The van der Waals surface area contributed by atoms with Gasteiger partial charge in [-0.2, -0.15) is 5.10 Å². The van der Waals surface area contributed by atoms with E-state index in [-0.39, 0.29) is 11.9 Å². The quantitative estimate of drug-likeness (QED) is 0.842. The van der Waals surface area contributed by atoms with Gasteiger partial charge in [-0.1, -0.05) is 0 Å². The lowest BCUT2D eigenvalue weighted by atomic mass is 9.60. The number of methoxy groups -OCH3 is 1. The Morgan fingerprint density at radius 3 is 2.50 bits per heavy atom. The second kappa shape index (κ2) is 4.92. The summed E-state index contributed by atoms with van der Waals surface area (Å²) >= 11 is 0. The van der Waals surface area contributed by atoms with Crippen molar-refractivity contribution >= 4 is 11.9 Å². The van der Waals surface area contributed by atoms with Crippen LogP contribution >= 0.6 is 0 Å². The van der Waals surface area contributed by atoms with Gasteiger partial charge in [-0.15, -0.1) is 0 Å². The first-order chi connectivity index (χ1) is 9.34. The number of nitrogens with zero attached hydrogens (tertiary/aromatic N) is 2. The number of hydrogen-bond acceptors (Lipinski definition) is 4. The largest absolute Gasteiger partial charge is 0.469 e. The number of ether oxygens (including phenoxy) is 1. The third-order valence-corrected chi connectivity index (χ3v) is 4.51. The Bertz CT molecular complexity index is 530. The number of aryl methyl sites for hydroxylation is 1. The van der Waals surface area contributed by atoms with Crippen LogP contribution in [0.25, 0.3) is 0 Å². The maximum absolute atomic E-state index is 12.4. The van der Waals surface area contributed by atoms with Crippen molar-refractivity contribution in [3.8, 4) is 0 Å². The third-order valence-electron chi connectivity index (χ3n) is 4.51. The Balaban J connectivity index is 2.23. The smallest absolute Gasteiger partial charge is 0.313 e. The first-order valence-corrected chi connectivity index (χ1v) is 6.73. The van der Waals surface area contributed by atoms with Crippen molar-refractivity contribution in [1.82, 2.24) is 15.1 Å². The van der Waals surface area contributed by atoms with Crippen molar-refractivity contribution < 1.29 is 14.3 Å². The molecule has 0 bridgehead atoms. The van der Waals surface area contributed by atoms with Gasteiger partial charge in [0.1, 0.15) is 5.69 Å². The summed E-state index contributed by atoms with van der Waals surface area (Å²) in [5.74, 6) is -0.510. The lowest BCUT2D eigenvalue weighted by molar-refractivity contribution is -0.158. The van der Waals surface area contributed by atoms with Gasteiger partial charge in [-0.3, -0.25) is 14.3 Å². The molecular formula is C14H21N3O3. The van der Waals surface area contributed by atoms with Gasteiger partial charge in [0, 0.05) is 13.2 Å². The highest BCUT2D eigenvalue weighted by Crippen LogP contribution is 2.46. The Kier molecular flexibility index (Phi) is 3.58. The second-order valence-electron chi connectivity index (χ2n) is 5.85. The zero-order valence-electron chi connectivity index (χ0n) is 12.4. The molecule has 1 amide bonds. The van der Waals surface area contributed by atoms with Crippen LogP contribution in [-0.2, 0) is 16.6 Å². The molecule has 110 valence electrons. The predicted octanol–water partition coefficient (Wildman–Crippen LogP) is 1.27. The molecule has 0 unspecified atom stereocenters. The number of hydrogen-bond donors (Lipinski definition) is 1. The molecule has 20 heavy (non-hydrogen) atoms. The third kappa shape index (κ3) is 2.09. The average molecular weight is 279 g/mol. The number of nitrogens with one attached hydrogen (secondary N) is 1. The van der Waals surface area contributed by atoms with Crippen LogP contribution in [0.3, 0.4) is 0 Å². The van der Waals surface area contributed by atoms with Crippen LogP contribution in [0.1, 0.15) is 43.6 Å². The first kappa shape index (κ1) is 14.6. The van der Waals surface area contributed by atoms with Crippen LogP contribution < -0.4 is 5.32 Å². The molecule has 1 heterocycles. The Morgan fingerprint density at radius 1 is 1.45 bits per heavy atom. The molecule has 6 nitrogen and oxygen atoms in total. The molecule has 0 aromatic carbocycles. The van der Waals surface area contributed by atoms with E-state index in [1.54, 1.807) is 19.3 Å². The molecule has 1 N–H and O–H groups in total. The zero-order valence-corrected chi connectivity index (χ0v) is 12.4. The molecule has 1 aliphatic carbocycles. The van der Waals surface area contributed by atoms with Crippen LogP contribution in [-0.4, -0.2) is 34.3 Å². The van der Waals surface area contributed by atoms with Gasteiger partial charge in [0.15, 0.2) is 0 Å². The molecule has 1 aromatic heterocycles. The minimum Gasteiger partial charge on any atom is -0.469 e. The lowest BCUT2D eigenvalue weighted by Crippen LogP contribution is -2.65. The van der Waals surface area contributed by atoms with Crippen molar-refractivity contribution in [3.63, 3.8) is 0 Å². The highest BCUT2D eigenvalue weighted by atomic mass is 16.5. The fourth-order valence-corrected chi connectivity index (χ4v) is 2.77. The highest BCUT2D eigenvalue weighted by molar-refractivity contribution is 5.94.